The van der Waals surface area contributed by atoms with Crippen LogP contribution in [0.15, 0.2) is 24.3 Å². The molecule has 0 fully saturated rings. The molecule has 0 radical (unpaired) electrons. The number of hydrogen-bond donors (Lipinski definition) is 3. The predicted molar refractivity (Wildman–Crippen MR) is 77.7 cm³/mol. The van der Waals surface area contributed by atoms with Gasteiger partial charge >= 0.3 is 0 Å². The number of thiocarbonyl (C=S) groups is 1. The number of rotatable bonds is 5. The molecule has 0 aliphatic rings. The SMILES string of the molecule is CC(C)(CC(N)=O)NC(=O)c1ccc(C(N)=S)cc1. The molecule has 0 unspecified atom stereocenters. The number of hydrogen-bond acceptors (Lipinski definition) is 3. The second-order valence-electron chi connectivity index (χ2n) is 4.92. The lowest BCUT2D eigenvalue weighted by Crippen LogP contribution is -2.46. The number of benzene rings is 1. The predicted octanol–water partition coefficient (Wildman–Crippen LogP) is 0.705. The van der Waals surface area contributed by atoms with E-state index in [4.69, 9.17) is 23.7 Å². The van der Waals surface area contributed by atoms with E-state index >= 15 is 0 Å². The molecular weight excluding hydrogens is 262 g/mol. The molecule has 19 heavy (non-hydrogen) atoms. The van der Waals surface area contributed by atoms with Crippen LogP contribution in [0.1, 0.15) is 36.2 Å². The number of carbonyl (C=O) groups is 2. The Morgan fingerprint density at radius 2 is 1.63 bits per heavy atom. The summed E-state index contributed by atoms with van der Waals surface area (Å²) in [7, 11) is 0. The summed E-state index contributed by atoms with van der Waals surface area (Å²) < 4.78 is 0. The van der Waals surface area contributed by atoms with Gasteiger partial charge in [0.2, 0.25) is 5.91 Å². The monoisotopic (exact) mass is 279 g/mol. The maximum atomic E-state index is 12.0. The van der Waals surface area contributed by atoms with Crippen molar-refractivity contribution in [1.82, 2.24) is 5.32 Å². The van der Waals surface area contributed by atoms with Gasteiger partial charge in [0.15, 0.2) is 0 Å². The fraction of sp³-hybridized carbons (Fsp3) is 0.308. The summed E-state index contributed by atoms with van der Waals surface area (Å²) in [6.07, 6.45) is 0.0731. The maximum Gasteiger partial charge on any atom is 0.251 e. The Balaban J connectivity index is 2.78. The average Bonchev–Trinajstić information content (AvgIpc) is 2.26. The third-order valence-electron chi connectivity index (χ3n) is 2.50. The highest BCUT2D eigenvalue weighted by Gasteiger charge is 2.23. The zero-order chi connectivity index (χ0) is 14.6. The Labute approximate surface area is 117 Å². The van der Waals surface area contributed by atoms with E-state index in [1.165, 1.54) is 0 Å². The Morgan fingerprint density at radius 3 is 2.05 bits per heavy atom. The van der Waals surface area contributed by atoms with Crippen LogP contribution in [0.2, 0.25) is 0 Å². The second-order valence-corrected chi connectivity index (χ2v) is 5.36. The van der Waals surface area contributed by atoms with Crippen LogP contribution >= 0.6 is 12.2 Å². The summed E-state index contributed by atoms with van der Waals surface area (Å²) in [4.78, 5) is 23.2. The third-order valence-corrected chi connectivity index (χ3v) is 2.74. The fourth-order valence-corrected chi connectivity index (χ4v) is 1.78. The highest BCUT2D eigenvalue weighted by molar-refractivity contribution is 7.80. The molecule has 1 aromatic rings. The molecule has 0 saturated carbocycles. The van der Waals surface area contributed by atoms with Gasteiger partial charge in [-0.25, -0.2) is 0 Å². The highest BCUT2D eigenvalue weighted by atomic mass is 32.1. The van der Waals surface area contributed by atoms with Crippen molar-refractivity contribution in [2.24, 2.45) is 11.5 Å². The minimum Gasteiger partial charge on any atom is -0.389 e. The summed E-state index contributed by atoms with van der Waals surface area (Å²) in [6.45, 7) is 3.47. The Morgan fingerprint density at radius 1 is 1.16 bits per heavy atom. The molecule has 102 valence electrons. The Kier molecular flexibility index (Phi) is 4.61. The van der Waals surface area contributed by atoms with Gasteiger partial charge in [-0.1, -0.05) is 24.4 Å². The molecule has 0 saturated heterocycles. The first-order valence-electron chi connectivity index (χ1n) is 5.72. The van der Waals surface area contributed by atoms with Crippen molar-refractivity contribution in [2.75, 3.05) is 0 Å². The van der Waals surface area contributed by atoms with Crippen LogP contribution in [0, 0.1) is 0 Å². The Bertz CT molecular complexity index is 509. The van der Waals surface area contributed by atoms with Gasteiger partial charge in [0.05, 0.1) is 0 Å². The molecule has 0 aliphatic heterocycles. The van der Waals surface area contributed by atoms with E-state index in [1.54, 1.807) is 38.1 Å². The molecule has 5 N–H and O–H groups in total. The van der Waals surface area contributed by atoms with Crippen LogP contribution in [0.4, 0.5) is 0 Å². The van der Waals surface area contributed by atoms with Gasteiger partial charge in [0, 0.05) is 23.1 Å². The third kappa shape index (κ3) is 4.67. The largest absolute Gasteiger partial charge is 0.389 e. The summed E-state index contributed by atoms with van der Waals surface area (Å²) in [6, 6.07) is 6.62. The first-order chi connectivity index (χ1) is 8.71. The normalized spacial score (nSPS) is 10.8. The lowest BCUT2D eigenvalue weighted by atomic mass is 9.99. The van der Waals surface area contributed by atoms with Crippen molar-refractivity contribution in [2.45, 2.75) is 25.8 Å². The van der Waals surface area contributed by atoms with Crippen molar-refractivity contribution in [3.05, 3.63) is 35.4 Å². The van der Waals surface area contributed by atoms with E-state index in [-0.39, 0.29) is 17.3 Å². The zero-order valence-corrected chi connectivity index (χ0v) is 11.7. The maximum absolute atomic E-state index is 12.0. The van der Waals surface area contributed by atoms with Crippen molar-refractivity contribution < 1.29 is 9.59 Å². The van der Waals surface area contributed by atoms with E-state index in [2.05, 4.69) is 5.32 Å². The standard InChI is InChI=1S/C13H17N3O2S/c1-13(2,7-10(14)17)16-12(18)9-5-3-8(4-6-9)11(15)19/h3-6H,7H2,1-2H3,(H2,14,17)(H2,15,19)(H,16,18). The molecule has 0 spiro atoms. The minimum atomic E-state index is -0.690. The summed E-state index contributed by atoms with van der Waals surface area (Å²) in [5.74, 6) is -0.741. The van der Waals surface area contributed by atoms with Gasteiger partial charge in [-0.05, 0) is 26.0 Å². The summed E-state index contributed by atoms with van der Waals surface area (Å²) in [5, 5.41) is 2.75. The zero-order valence-electron chi connectivity index (χ0n) is 10.9. The molecule has 0 aliphatic carbocycles. The van der Waals surface area contributed by atoms with Gasteiger partial charge in [0.25, 0.3) is 5.91 Å². The molecular formula is C13H17N3O2S. The van der Waals surface area contributed by atoms with Crippen LogP contribution in [0.25, 0.3) is 0 Å². The van der Waals surface area contributed by atoms with Gasteiger partial charge in [-0.2, -0.15) is 0 Å². The van der Waals surface area contributed by atoms with Gasteiger partial charge in [-0.3, -0.25) is 9.59 Å². The average molecular weight is 279 g/mol. The molecule has 6 heteroatoms. The molecule has 5 nitrogen and oxygen atoms in total. The van der Waals surface area contributed by atoms with Crippen molar-refractivity contribution in [3.63, 3.8) is 0 Å². The lowest BCUT2D eigenvalue weighted by Gasteiger charge is -2.24. The molecule has 2 amide bonds. The molecule has 0 bridgehead atoms. The molecule has 0 aromatic heterocycles. The molecule has 0 heterocycles. The van der Waals surface area contributed by atoms with E-state index in [0.29, 0.717) is 11.1 Å². The molecule has 1 aromatic carbocycles. The van der Waals surface area contributed by atoms with Crippen LogP contribution in [-0.2, 0) is 4.79 Å². The number of carbonyl (C=O) groups excluding carboxylic acids is 2. The van der Waals surface area contributed by atoms with Crippen LogP contribution in [-0.4, -0.2) is 22.3 Å². The number of nitrogens with two attached hydrogens (primary N) is 2. The number of amides is 2. The number of nitrogens with one attached hydrogen (secondary N) is 1. The fourth-order valence-electron chi connectivity index (χ4n) is 1.65. The summed E-state index contributed by atoms with van der Waals surface area (Å²) in [5.41, 5.74) is 11.1. The van der Waals surface area contributed by atoms with Crippen LogP contribution in [0.5, 0.6) is 0 Å². The van der Waals surface area contributed by atoms with Crippen molar-refractivity contribution in [3.8, 4) is 0 Å². The van der Waals surface area contributed by atoms with Crippen molar-refractivity contribution >= 4 is 29.0 Å². The van der Waals surface area contributed by atoms with E-state index < -0.39 is 11.4 Å². The Hall–Kier alpha value is -1.95. The number of primary amides is 1. The first kappa shape index (κ1) is 15.1. The van der Waals surface area contributed by atoms with E-state index in [0.717, 1.165) is 0 Å². The smallest absolute Gasteiger partial charge is 0.251 e. The topological polar surface area (TPSA) is 98.2 Å². The van der Waals surface area contributed by atoms with Gasteiger partial charge < -0.3 is 16.8 Å². The lowest BCUT2D eigenvalue weighted by molar-refractivity contribution is -0.119. The minimum absolute atomic E-state index is 0.0731. The van der Waals surface area contributed by atoms with E-state index in [9.17, 15) is 9.59 Å². The quantitative estimate of drug-likeness (QED) is 0.691. The van der Waals surface area contributed by atoms with Gasteiger partial charge in [0.1, 0.15) is 4.99 Å². The van der Waals surface area contributed by atoms with Crippen LogP contribution in [0.3, 0.4) is 0 Å². The second kappa shape index (κ2) is 5.79. The van der Waals surface area contributed by atoms with E-state index in [1.807, 2.05) is 0 Å². The van der Waals surface area contributed by atoms with Gasteiger partial charge in [-0.15, -0.1) is 0 Å². The van der Waals surface area contributed by atoms with Crippen LogP contribution < -0.4 is 16.8 Å². The highest BCUT2D eigenvalue weighted by Crippen LogP contribution is 2.10. The summed E-state index contributed by atoms with van der Waals surface area (Å²) >= 11 is 4.83. The van der Waals surface area contributed by atoms with Crippen molar-refractivity contribution in [1.29, 1.82) is 0 Å². The molecule has 0 atom stereocenters. The molecule has 1 rings (SSSR count). The first-order valence-corrected chi connectivity index (χ1v) is 6.13.